The summed E-state index contributed by atoms with van der Waals surface area (Å²) >= 11 is 9.58. The highest BCUT2D eigenvalue weighted by Gasteiger charge is 2.44. The number of benzene rings is 1. The van der Waals surface area contributed by atoms with Crippen LogP contribution in [0.25, 0.3) is 10.9 Å². The molecule has 1 aromatic carbocycles. The molecule has 1 aliphatic rings. The third kappa shape index (κ3) is 2.96. The van der Waals surface area contributed by atoms with E-state index in [-0.39, 0.29) is 0 Å². The summed E-state index contributed by atoms with van der Waals surface area (Å²) < 4.78 is 11.6. The molecule has 1 fully saturated rings. The molecule has 0 amide bonds. The second-order valence-electron chi connectivity index (χ2n) is 5.25. The molecule has 23 heavy (non-hydrogen) atoms. The van der Waals surface area contributed by atoms with Gasteiger partial charge in [-0.15, -0.1) is 0 Å². The van der Waals surface area contributed by atoms with Gasteiger partial charge in [-0.05, 0) is 28.1 Å². The maximum atomic E-state index is 10.0. The molecule has 3 rings (SSSR count). The average molecular weight is 409 g/mol. The van der Waals surface area contributed by atoms with Crippen LogP contribution in [0.5, 0.6) is 5.75 Å². The zero-order chi connectivity index (χ0) is 16.7. The molecule has 5 atom stereocenters. The summed E-state index contributed by atoms with van der Waals surface area (Å²) in [5.74, 6) is 0.315. The van der Waals surface area contributed by atoms with Crippen molar-refractivity contribution >= 4 is 38.4 Å². The van der Waals surface area contributed by atoms with E-state index in [1.807, 2.05) is 0 Å². The Morgan fingerprint density at radius 2 is 1.96 bits per heavy atom. The lowest BCUT2D eigenvalue weighted by atomic mass is 9.99. The number of ether oxygens (including phenoxy) is 2. The van der Waals surface area contributed by atoms with Crippen molar-refractivity contribution in [2.75, 3.05) is 6.61 Å². The Balaban J connectivity index is 1.91. The molecule has 7 nitrogen and oxygen atoms in total. The van der Waals surface area contributed by atoms with Crippen LogP contribution in [0, 0.1) is 0 Å². The van der Waals surface area contributed by atoms with Crippen LogP contribution >= 0.6 is 27.5 Å². The molecule has 2 heterocycles. The molecule has 1 aliphatic heterocycles. The average Bonchev–Trinajstić information content (AvgIpc) is 2.95. The molecular formula is C14H15BrClNO6. The standard InChI is InChI=1S/C14H15BrClNO6/c15-5-1-2-6-9(10(5)16)7(3-17-6)22-14-13(21)12(20)11(19)8(4-18)23-14/h1-3,8,11-14,17-21H,4H2/t8?,11-,12-,13?,14+/m0/s1. The van der Waals surface area contributed by atoms with Crippen molar-refractivity contribution in [2.24, 2.45) is 0 Å². The lowest BCUT2D eigenvalue weighted by Gasteiger charge is -2.39. The zero-order valence-corrected chi connectivity index (χ0v) is 14.0. The third-order valence-corrected chi connectivity index (χ3v) is 5.07. The Kier molecular flexibility index (Phi) is 4.84. The van der Waals surface area contributed by atoms with Crippen LogP contribution in [0.15, 0.2) is 22.8 Å². The molecule has 0 bridgehead atoms. The number of aromatic nitrogens is 1. The van der Waals surface area contributed by atoms with Gasteiger partial charge in [-0.25, -0.2) is 0 Å². The van der Waals surface area contributed by atoms with E-state index in [1.54, 1.807) is 18.3 Å². The number of rotatable bonds is 3. The maximum absolute atomic E-state index is 10.0. The summed E-state index contributed by atoms with van der Waals surface area (Å²) in [5, 5.41) is 39.8. The summed E-state index contributed by atoms with van der Waals surface area (Å²) in [7, 11) is 0. The molecule has 2 unspecified atom stereocenters. The molecule has 1 saturated heterocycles. The molecule has 9 heteroatoms. The summed E-state index contributed by atoms with van der Waals surface area (Å²) in [6.07, 6.45) is -5.17. The van der Waals surface area contributed by atoms with Gasteiger partial charge in [-0.2, -0.15) is 0 Å². The molecular weight excluding hydrogens is 394 g/mol. The highest BCUT2D eigenvalue weighted by molar-refractivity contribution is 9.10. The highest BCUT2D eigenvalue weighted by atomic mass is 79.9. The molecule has 0 saturated carbocycles. The van der Waals surface area contributed by atoms with Crippen LogP contribution in [-0.4, -0.2) is 62.7 Å². The quantitative estimate of drug-likeness (QED) is 0.512. The molecule has 0 spiro atoms. The van der Waals surface area contributed by atoms with Crippen molar-refractivity contribution in [2.45, 2.75) is 30.7 Å². The normalized spacial score (nSPS) is 31.5. The van der Waals surface area contributed by atoms with Gasteiger partial charge in [0.05, 0.1) is 22.5 Å². The van der Waals surface area contributed by atoms with Crippen LogP contribution in [0.1, 0.15) is 0 Å². The molecule has 5 N–H and O–H groups in total. The Morgan fingerprint density at radius 3 is 2.65 bits per heavy atom. The van der Waals surface area contributed by atoms with Gasteiger partial charge < -0.3 is 34.9 Å². The van der Waals surface area contributed by atoms with Crippen molar-refractivity contribution in [1.82, 2.24) is 4.98 Å². The first-order valence-corrected chi connectivity index (χ1v) is 8.03. The van der Waals surface area contributed by atoms with Crippen LogP contribution in [0.3, 0.4) is 0 Å². The summed E-state index contributed by atoms with van der Waals surface area (Å²) in [6.45, 7) is -0.523. The second-order valence-corrected chi connectivity index (χ2v) is 6.48. The highest BCUT2D eigenvalue weighted by Crippen LogP contribution is 2.38. The van der Waals surface area contributed by atoms with E-state index in [9.17, 15) is 20.4 Å². The van der Waals surface area contributed by atoms with Crippen molar-refractivity contribution in [3.05, 3.63) is 27.8 Å². The van der Waals surface area contributed by atoms with Gasteiger partial charge in [0.2, 0.25) is 6.29 Å². The van der Waals surface area contributed by atoms with Gasteiger partial charge in [0.25, 0.3) is 0 Å². The van der Waals surface area contributed by atoms with E-state index >= 15 is 0 Å². The van der Waals surface area contributed by atoms with Crippen molar-refractivity contribution < 1.29 is 29.9 Å². The number of aromatic amines is 1. The number of aliphatic hydroxyl groups excluding tert-OH is 4. The van der Waals surface area contributed by atoms with Crippen LogP contribution in [-0.2, 0) is 4.74 Å². The fraction of sp³-hybridized carbons (Fsp3) is 0.429. The monoisotopic (exact) mass is 407 g/mol. The molecule has 2 aromatic rings. The van der Waals surface area contributed by atoms with Gasteiger partial charge in [0, 0.05) is 10.7 Å². The summed E-state index contributed by atoms with van der Waals surface area (Å²) in [6, 6.07) is 3.57. The Hall–Kier alpha value is -0.870. The number of H-pyrrole nitrogens is 1. The van der Waals surface area contributed by atoms with E-state index < -0.39 is 37.3 Å². The Bertz CT molecular complexity index is 708. The summed E-state index contributed by atoms with van der Waals surface area (Å²) in [4.78, 5) is 2.98. The smallest absolute Gasteiger partial charge is 0.229 e. The van der Waals surface area contributed by atoms with Crippen molar-refractivity contribution in [3.63, 3.8) is 0 Å². The van der Waals surface area contributed by atoms with E-state index in [2.05, 4.69) is 20.9 Å². The minimum absolute atomic E-state index is 0.315. The van der Waals surface area contributed by atoms with Crippen LogP contribution in [0.2, 0.25) is 5.02 Å². The zero-order valence-electron chi connectivity index (χ0n) is 11.7. The van der Waals surface area contributed by atoms with Gasteiger partial charge in [0.1, 0.15) is 30.2 Å². The van der Waals surface area contributed by atoms with Gasteiger partial charge in [0.15, 0.2) is 0 Å². The third-order valence-electron chi connectivity index (χ3n) is 3.79. The number of hydrogen-bond acceptors (Lipinski definition) is 6. The SMILES string of the molecule is OCC1O[C@@H](Oc2c[nH]c3ccc(Br)c(Cl)c23)C(O)[C@@H](O)[C@H]1O. The fourth-order valence-corrected chi connectivity index (χ4v) is 3.10. The topological polar surface area (TPSA) is 115 Å². The van der Waals surface area contributed by atoms with Gasteiger partial charge in [-0.3, -0.25) is 0 Å². The van der Waals surface area contributed by atoms with Gasteiger partial charge in [-0.1, -0.05) is 11.6 Å². The minimum atomic E-state index is -1.50. The van der Waals surface area contributed by atoms with E-state index in [0.717, 1.165) is 5.52 Å². The molecule has 1 aromatic heterocycles. The van der Waals surface area contributed by atoms with Gasteiger partial charge >= 0.3 is 0 Å². The number of nitrogens with one attached hydrogen (secondary N) is 1. The fourth-order valence-electron chi connectivity index (χ4n) is 2.51. The first-order valence-electron chi connectivity index (χ1n) is 6.86. The minimum Gasteiger partial charge on any atom is -0.460 e. The summed E-state index contributed by atoms with van der Waals surface area (Å²) in [5.41, 5.74) is 0.720. The number of fused-ring (bicyclic) bond motifs is 1. The van der Waals surface area contributed by atoms with Crippen molar-refractivity contribution in [3.8, 4) is 5.75 Å². The van der Waals surface area contributed by atoms with Crippen LogP contribution in [0.4, 0.5) is 0 Å². The lowest BCUT2D eigenvalue weighted by molar-refractivity contribution is -0.277. The number of hydrogen-bond donors (Lipinski definition) is 5. The predicted molar refractivity (Wildman–Crippen MR) is 85.4 cm³/mol. The number of halogens is 2. The largest absolute Gasteiger partial charge is 0.460 e. The maximum Gasteiger partial charge on any atom is 0.229 e. The Labute approximate surface area is 144 Å². The number of aliphatic hydroxyl groups is 4. The first-order chi connectivity index (χ1) is 10.9. The molecule has 0 radical (unpaired) electrons. The van der Waals surface area contributed by atoms with Crippen LogP contribution < -0.4 is 4.74 Å². The van der Waals surface area contributed by atoms with E-state index in [1.165, 1.54) is 0 Å². The second kappa shape index (κ2) is 6.56. The first kappa shape index (κ1) is 17.0. The Morgan fingerprint density at radius 1 is 1.22 bits per heavy atom. The molecule has 0 aliphatic carbocycles. The predicted octanol–water partition coefficient (Wildman–Crippen LogP) is 0.762. The van der Waals surface area contributed by atoms with E-state index in [0.29, 0.717) is 20.6 Å². The molecule has 126 valence electrons. The van der Waals surface area contributed by atoms with Crippen molar-refractivity contribution in [1.29, 1.82) is 0 Å². The lowest BCUT2D eigenvalue weighted by Crippen LogP contribution is -2.60. The van der Waals surface area contributed by atoms with E-state index in [4.69, 9.17) is 21.1 Å².